The van der Waals surface area contributed by atoms with Crippen LogP contribution in [0.1, 0.15) is 54.9 Å². The number of aromatic nitrogens is 1. The van der Waals surface area contributed by atoms with Gasteiger partial charge in [0.1, 0.15) is 5.60 Å². The third-order valence-electron chi connectivity index (χ3n) is 5.63. The lowest BCUT2D eigenvalue weighted by molar-refractivity contribution is 0.0506. The van der Waals surface area contributed by atoms with Gasteiger partial charge in [0.25, 0.3) is 0 Å². The zero-order valence-corrected chi connectivity index (χ0v) is 14.7. The molecule has 2 heterocycles. The third-order valence-corrected chi connectivity index (χ3v) is 5.63. The second kappa shape index (κ2) is 6.68. The van der Waals surface area contributed by atoms with Crippen LogP contribution in [-0.4, -0.2) is 22.8 Å². The molecule has 2 aromatic rings. The number of fused-ring (bicyclic) bond motifs is 1. The molecular formula is C21H25NO3. The predicted molar refractivity (Wildman–Crippen MR) is 96.0 cm³/mol. The van der Waals surface area contributed by atoms with Gasteiger partial charge in [0.2, 0.25) is 0 Å². The van der Waals surface area contributed by atoms with Crippen molar-refractivity contribution in [1.82, 2.24) is 4.98 Å². The van der Waals surface area contributed by atoms with Crippen molar-refractivity contribution in [3.63, 3.8) is 0 Å². The second-order valence-corrected chi connectivity index (χ2v) is 7.26. The molecule has 1 aromatic carbocycles. The molecule has 1 unspecified atom stereocenters. The number of benzene rings is 1. The van der Waals surface area contributed by atoms with Crippen LogP contribution in [0.3, 0.4) is 0 Å². The van der Waals surface area contributed by atoms with E-state index in [0.29, 0.717) is 6.42 Å². The predicted octanol–water partition coefficient (Wildman–Crippen LogP) is 4.00. The Morgan fingerprint density at radius 3 is 2.64 bits per heavy atom. The van der Waals surface area contributed by atoms with E-state index in [1.54, 1.807) is 19.5 Å². The van der Waals surface area contributed by atoms with E-state index in [1.807, 2.05) is 18.2 Å². The van der Waals surface area contributed by atoms with Crippen LogP contribution in [0, 0.1) is 0 Å². The zero-order chi connectivity index (χ0) is 17.3. The summed E-state index contributed by atoms with van der Waals surface area (Å²) in [6, 6.07) is 7.78. The molecule has 25 heavy (non-hydrogen) atoms. The molecule has 132 valence electrons. The van der Waals surface area contributed by atoms with Gasteiger partial charge in [0, 0.05) is 30.8 Å². The molecule has 2 aliphatic rings. The fraction of sp³-hybridized carbons (Fsp3) is 0.476. The van der Waals surface area contributed by atoms with Crippen molar-refractivity contribution < 1.29 is 14.6 Å². The van der Waals surface area contributed by atoms with Crippen LogP contribution in [0.15, 0.2) is 36.7 Å². The van der Waals surface area contributed by atoms with Gasteiger partial charge < -0.3 is 14.6 Å². The van der Waals surface area contributed by atoms with Gasteiger partial charge in [0.05, 0.1) is 13.2 Å². The van der Waals surface area contributed by atoms with E-state index in [4.69, 9.17) is 9.47 Å². The first-order chi connectivity index (χ1) is 12.2. The molecule has 1 aromatic heterocycles. The van der Waals surface area contributed by atoms with Crippen LogP contribution in [0.25, 0.3) is 0 Å². The first-order valence-corrected chi connectivity index (χ1v) is 9.16. The summed E-state index contributed by atoms with van der Waals surface area (Å²) in [6.45, 7) is 0. The molecule has 1 fully saturated rings. The number of methoxy groups -OCH3 is 1. The minimum absolute atomic E-state index is 0.0639. The lowest BCUT2D eigenvalue weighted by atomic mass is 9.81. The number of ether oxygens (including phenoxy) is 2. The van der Waals surface area contributed by atoms with Crippen LogP contribution in [0.4, 0.5) is 0 Å². The number of aliphatic hydroxyl groups excluding tert-OH is 1. The number of pyridine rings is 1. The van der Waals surface area contributed by atoms with E-state index in [0.717, 1.165) is 41.9 Å². The van der Waals surface area contributed by atoms with Gasteiger partial charge in [-0.2, -0.15) is 0 Å². The normalized spacial score (nSPS) is 19.3. The Morgan fingerprint density at radius 2 is 1.92 bits per heavy atom. The molecule has 1 saturated carbocycles. The summed E-state index contributed by atoms with van der Waals surface area (Å²) in [7, 11) is 1.69. The average Bonchev–Trinajstić information content (AvgIpc) is 3.02. The highest BCUT2D eigenvalue weighted by Gasteiger charge is 2.42. The molecule has 0 saturated heterocycles. The molecule has 1 aliphatic carbocycles. The quantitative estimate of drug-likeness (QED) is 0.914. The summed E-state index contributed by atoms with van der Waals surface area (Å²) in [5.74, 6) is 1.70. The Labute approximate surface area is 148 Å². The van der Waals surface area contributed by atoms with Gasteiger partial charge in [0.15, 0.2) is 11.5 Å². The lowest BCUT2D eigenvalue weighted by Gasteiger charge is -2.32. The first kappa shape index (κ1) is 16.4. The van der Waals surface area contributed by atoms with Crippen molar-refractivity contribution in [2.45, 2.75) is 56.7 Å². The fourth-order valence-electron chi connectivity index (χ4n) is 4.27. The highest BCUT2D eigenvalue weighted by Crippen LogP contribution is 2.49. The maximum absolute atomic E-state index is 10.6. The summed E-state index contributed by atoms with van der Waals surface area (Å²) in [5, 5.41) is 10.6. The third kappa shape index (κ3) is 3.11. The number of nitrogens with zero attached hydrogens (tertiary/aromatic N) is 1. The van der Waals surface area contributed by atoms with Gasteiger partial charge in [-0.05, 0) is 55.0 Å². The molecule has 0 amide bonds. The Hall–Kier alpha value is -2.07. The monoisotopic (exact) mass is 339 g/mol. The van der Waals surface area contributed by atoms with E-state index in [2.05, 4.69) is 11.1 Å². The Morgan fingerprint density at radius 1 is 1.16 bits per heavy atom. The highest BCUT2D eigenvalue weighted by atomic mass is 16.5. The molecule has 1 N–H and O–H groups in total. The van der Waals surface area contributed by atoms with Crippen LogP contribution in [-0.2, 0) is 12.8 Å². The standard InChI is InChI=1S/C21H25NO3/c1-24-19-6-5-16(13-18(23)15-7-11-22-12-8-15)17-14-21(25-20(17)19)9-3-2-4-10-21/h5-8,11-12,18,23H,2-4,9-10,13-14H2,1H3. The van der Waals surface area contributed by atoms with E-state index in [1.165, 1.54) is 24.8 Å². The summed E-state index contributed by atoms with van der Waals surface area (Å²) < 4.78 is 12.0. The molecule has 1 atom stereocenters. The van der Waals surface area contributed by atoms with Gasteiger partial charge >= 0.3 is 0 Å². The SMILES string of the molecule is COc1ccc(CC(O)c2ccncc2)c2c1OC1(CCCCC1)C2. The van der Waals surface area contributed by atoms with Crippen LogP contribution in [0.2, 0.25) is 0 Å². The molecule has 0 radical (unpaired) electrons. The van der Waals surface area contributed by atoms with Crippen molar-refractivity contribution in [1.29, 1.82) is 0 Å². The molecule has 1 aliphatic heterocycles. The van der Waals surface area contributed by atoms with Gasteiger partial charge in [-0.25, -0.2) is 0 Å². The molecule has 0 bridgehead atoms. The average molecular weight is 339 g/mol. The minimum atomic E-state index is -0.539. The topological polar surface area (TPSA) is 51.6 Å². The maximum atomic E-state index is 10.6. The van der Waals surface area contributed by atoms with Crippen molar-refractivity contribution in [2.75, 3.05) is 7.11 Å². The summed E-state index contributed by atoms with van der Waals surface area (Å²) in [6.07, 6.45) is 10.4. The number of hydrogen-bond acceptors (Lipinski definition) is 4. The fourth-order valence-corrected chi connectivity index (χ4v) is 4.27. The van der Waals surface area contributed by atoms with Crippen LogP contribution >= 0.6 is 0 Å². The van der Waals surface area contributed by atoms with Crippen molar-refractivity contribution in [3.8, 4) is 11.5 Å². The summed E-state index contributed by atoms with van der Waals surface area (Å²) in [5.41, 5.74) is 3.20. The van der Waals surface area contributed by atoms with E-state index in [9.17, 15) is 5.11 Å². The van der Waals surface area contributed by atoms with Crippen molar-refractivity contribution in [2.24, 2.45) is 0 Å². The van der Waals surface area contributed by atoms with Crippen molar-refractivity contribution >= 4 is 0 Å². The smallest absolute Gasteiger partial charge is 0.165 e. The molecule has 4 heteroatoms. The van der Waals surface area contributed by atoms with Gasteiger partial charge in [-0.15, -0.1) is 0 Å². The number of aliphatic hydroxyl groups is 1. The number of rotatable bonds is 4. The van der Waals surface area contributed by atoms with E-state index < -0.39 is 6.10 Å². The summed E-state index contributed by atoms with van der Waals surface area (Å²) >= 11 is 0. The summed E-state index contributed by atoms with van der Waals surface area (Å²) in [4.78, 5) is 4.02. The molecule has 4 rings (SSSR count). The Kier molecular flexibility index (Phi) is 4.38. The van der Waals surface area contributed by atoms with E-state index in [-0.39, 0.29) is 5.60 Å². The van der Waals surface area contributed by atoms with Crippen molar-refractivity contribution in [3.05, 3.63) is 53.3 Å². The molecule has 1 spiro atoms. The van der Waals surface area contributed by atoms with Gasteiger partial charge in [-0.1, -0.05) is 12.5 Å². The first-order valence-electron chi connectivity index (χ1n) is 9.16. The van der Waals surface area contributed by atoms with Crippen LogP contribution in [0.5, 0.6) is 11.5 Å². The Bertz CT molecular complexity index is 738. The van der Waals surface area contributed by atoms with E-state index >= 15 is 0 Å². The Balaban J connectivity index is 1.64. The number of hydrogen-bond donors (Lipinski definition) is 1. The maximum Gasteiger partial charge on any atom is 0.165 e. The van der Waals surface area contributed by atoms with Crippen LogP contribution < -0.4 is 9.47 Å². The molecule has 4 nitrogen and oxygen atoms in total. The zero-order valence-electron chi connectivity index (χ0n) is 14.7. The lowest BCUT2D eigenvalue weighted by Crippen LogP contribution is -2.36. The largest absolute Gasteiger partial charge is 0.493 e. The minimum Gasteiger partial charge on any atom is -0.493 e. The highest BCUT2D eigenvalue weighted by molar-refractivity contribution is 5.54. The molecular weight excluding hydrogens is 314 g/mol. The van der Waals surface area contributed by atoms with Gasteiger partial charge in [-0.3, -0.25) is 4.98 Å². The second-order valence-electron chi connectivity index (χ2n) is 7.26.